The third-order valence-corrected chi connectivity index (χ3v) is 3.58. The van der Waals surface area contributed by atoms with E-state index in [1.165, 1.54) is 12.8 Å². The lowest BCUT2D eigenvalue weighted by Crippen LogP contribution is -2.50. The first-order valence-corrected chi connectivity index (χ1v) is 6.93. The first-order chi connectivity index (χ1) is 8.65. The van der Waals surface area contributed by atoms with E-state index in [1.807, 2.05) is 18.7 Å². The lowest BCUT2D eigenvalue weighted by molar-refractivity contribution is -0.127. The largest absolute Gasteiger partial charge is 0.377 e. The van der Waals surface area contributed by atoms with Crippen LogP contribution in [-0.2, 0) is 9.53 Å². The zero-order valence-electron chi connectivity index (χ0n) is 11.5. The van der Waals surface area contributed by atoms with Crippen LogP contribution in [-0.4, -0.2) is 61.1 Å². The maximum atomic E-state index is 11.9. The van der Waals surface area contributed by atoms with Gasteiger partial charge in [-0.05, 0) is 26.7 Å². The summed E-state index contributed by atoms with van der Waals surface area (Å²) in [5, 5.41) is 0. The summed E-state index contributed by atoms with van der Waals surface area (Å²) in [6.07, 6.45) is 4.54. The molecule has 2 fully saturated rings. The average molecular weight is 252 g/mol. The Hall–Kier alpha value is -0.870. The molecule has 0 aromatic rings. The van der Waals surface area contributed by atoms with Crippen molar-refractivity contribution in [1.29, 1.82) is 0 Å². The van der Waals surface area contributed by atoms with Crippen molar-refractivity contribution < 1.29 is 9.53 Å². The van der Waals surface area contributed by atoms with Crippen molar-refractivity contribution in [2.24, 2.45) is 0 Å². The van der Waals surface area contributed by atoms with Gasteiger partial charge in [0.15, 0.2) is 0 Å². The van der Waals surface area contributed by atoms with Gasteiger partial charge in [0.1, 0.15) is 0 Å². The van der Waals surface area contributed by atoms with E-state index < -0.39 is 0 Å². The standard InChI is InChI=1S/C14H24N2O2/c1-12(2)10-14(17)16-7-5-15(6-8-16)11-13-4-3-9-18-13/h10,13H,3-9,11H2,1-2H3/t13-/m0/s1. The Morgan fingerprint density at radius 2 is 2.00 bits per heavy atom. The molecule has 0 aromatic heterocycles. The van der Waals surface area contributed by atoms with Crippen molar-refractivity contribution in [2.45, 2.75) is 32.8 Å². The van der Waals surface area contributed by atoms with Crippen LogP contribution < -0.4 is 0 Å². The Morgan fingerprint density at radius 3 is 2.56 bits per heavy atom. The number of allylic oxidation sites excluding steroid dienone is 1. The molecule has 2 saturated heterocycles. The van der Waals surface area contributed by atoms with E-state index in [-0.39, 0.29) is 5.91 Å². The van der Waals surface area contributed by atoms with Gasteiger partial charge in [0.25, 0.3) is 0 Å². The van der Waals surface area contributed by atoms with Crippen LogP contribution in [0.5, 0.6) is 0 Å². The lowest BCUT2D eigenvalue weighted by Gasteiger charge is -2.35. The molecule has 1 amide bonds. The van der Waals surface area contributed by atoms with Gasteiger partial charge in [-0.1, -0.05) is 5.57 Å². The highest BCUT2D eigenvalue weighted by atomic mass is 16.5. The van der Waals surface area contributed by atoms with E-state index in [0.29, 0.717) is 6.10 Å². The molecule has 2 heterocycles. The normalized spacial score (nSPS) is 25.2. The summed E-state index contributed by atoms with van der Waals surface area (Å²) in [6.45, 7) is 9.51. The smallest absolute Gasteiger partial charge is 0.246 e. The molecule has 2 aliphatic heterocycles. The minimum absolute atomic E-state index is 0.159. The topological polar surface area (TPSA) is 32.8 Å². The molecule has 2 rings (SSSR count). The fraction of sp³-hybridized carbons (Fsp3) is 0.786. The number of rotatable bonds is 3. The van der Waals surface area contributed by atoms with Crippen LogP contribution in [0.2, 0.25) is 0 Å². The second-order valence-electron chi connectivity index (χ2n) is 5.48. The van der Waals surface area contributed by atoms with Crippen LogP contribution in [0, 0.1) is 0 Å². The molecule has 0 spiro atoms. The number of carbonyl (C=O) groups excluding carboxylic acids is 1. The van der Waals surface area contributed by atoms with E-state index in [2.05, 4.69) is 4.90 Å². The molecule has 4 nitrogen and oxygen atoms in total. The molecule has 0 N–H and O–H groups in total. The lowest BCUT2D eigenvalue weighted by atomic mass is 10.2. The van der Waals surface area contributed by atoms with Gasteiger partial charge in [-0.15, -0.1) is 0 Å². The molecule has 0 aromatic carbocycles. The Balaban J connectivity index is 1.73. The van der Waals surface area contributed by atoms with Gasteiger partial charge in [-0.2, -0.15) is 0 Å². The highest BCUT2D eigenvalue weighted by Crippen LogP contribution is 2.14. The molecule has 102 valence electrons. The van der Waals surface area contributed by atoms with Gasteiger partial charge in [0.2, 0.25) is 5.91 Å². The highest BCUT2D eigenvalue weighted by Gasteiger charge is 2.23. The van der Waals surface area contributed by atoms with Crippen LogP contribution in [0.15, 0.2) is 11.6 Å². The van der Waals surface area contributed by atoms with Crippen molar-refractivity contribution in [3.63, 3.8) is 0 Å². The quantitative estimate of drug-likeness (QED) is 0.709. The van der Waals surface area contributed by atoms with E-state index in [0.717, 1.165) is 44.9 Å². The minimum atomic E-state index is 0.159. The number of hydrogen-bond donors (Lipinski definition) is 0. The van der Waals surface area contributed by atoms with Crippen LogP contribution in [0.25, 0.3) is 0 Å². The molecule has 2 aliphatic rings. The predicted molar refractivity (Wildman–Crippen MR) is 71.4 cm³/mol. The summed E-state index contributed by atoms with van der Waals surface area (Å²) in [5.74, 6) is 0.159. The molecule has 0 radical (unpaired) electrons. The second kappa shape index (κ2) is 6.34. The average Bonchev–Trinajstić information content (AvgIpc) is 2.82. The Kier molecular flexibility index (Phi) is 4.78. The zero-order valence-corrected chi connectivity index (χ0v) is 11.5. The molecule has 0 saturated carbocycles. The SMILES string of the molecule is CC(C)=CC(=O)N1CCN(C[C@@H]2CCCO2)CC1. The Morgan fingerprint density at radius 1 is 1.28 bits per heavy atom. The van der Waals surface area contributed by atoms with Crippen molar-refractivity contribution in [3.05, 3.63) is 11.6 Å². The summed E-state index contributed by atoms with van der Waals surface area (Å²) in [6, 6.07) is 0. The van der Waals surface area contributed by atoms with Crippen LogP contribution >= 0.6 is 0 Å². The second-order valence-corrected chi connectivity index (χ2v) is 5.48. The maximum Gasteiger partial charge on any atom is 0.246 e. The molecular weight excluding hydrogens is 228 g/mol. The van der Waals surface area contributed by atoms with Gasteiger partial charge in [0, 0.05) is 45.4 Å². The van der Waals surface area contributed by atoms with Crippen LogP contribution in [0.3, 0.4) is 0 Å². The van der Waals surface area contributed by atoms with Crippen molar-refractivity contribution in [2.75, 3.05) is 39.3 Å². The number of carbonyl (C=O) groups is 1. The Bertz CT molecular complexity index is 310. The van der Waals surface area contributed by atoms with E-state index in [4.69, 9.17) is 4.74 Å². The fourth-order valence-corrected chi connectivity index (χ4v) is 2.57. The highest BCUT2D eigenvalue weighted by molar-refractivity contribution is 5.88. The first-order valence-electron chi connectivity index (χ1n) is 6.93. The minimum Gasteiger partial charge on any atom is -0.377 e. The van der Waals surface area contributed by atoms with Gasteiger partial charge in [-0.3, -0.25) is 9.69 Å². The summed E-state index contributed by atoms with van der Waals surface area (Å²) in [5.41, 5.74) is 1.07. The number of piperazine rings is 1. The molecule has 4 heteroatoms. The molecule has 0 bridgehead atoms. The zero-order chi connectivity index (χ0) is 13.0. The van der Waals surface area contributed by atoms with E-state index >= 15 is 0 Å². The summed E-state index contributed by atoms with van der Waals surface area (Å²) in [7, 11) is 0. The van der Waals surface area contributed by atoms with Gasteiger partial charge < -0.3 is 9.64 Å². The summed E-state index contributed by atoms with van der Waals surface area (Å²) in [4.78, 5) is 16.2. The third kappa shape index (κ3) is 3.82. The van der Waals surface area contributed by atoms with Gasteiger partial charge in [0.05, 0.1) is 6.10 Å². The Labute approximate surface area is 110 Å². The first kappa shape index (κ1) is 13.6. The number of nitrogens with zero attached hydrogens (tertiary/aromatic N) is 2. The van der Waals surface area contributed by atoms with E-state index in [1.54, 1.807) is 6.08 Å². The van der Waals surface area contributed by atoms with E-state index in [9.17, 15) is 4.79 Å². The number of amides is 1. The number of hydrogen-bond acceptors (Lipinski definition) is 3. The van der Waals surface area contributed by atoms with Gasteiger partial charge >= 0.3 is 0 Å². The van der Waals surface area contributed by atoms with Crippen LogP contribution in [0.1, 0.15) is 26.7 Å². The van der Waals surface area contributed by atoms with Crippen LogP contribution in [0.4, 0.5) is 0 Å². The molecular formula is C14H24N2O2. The van der Waals surface area contributed by atoms with Crippen molar-refractivity contribution in [3.8, 4) is 0 Å². The predicted octanol–water partition coefficient (Wildman–Crippen LogP) is 1.28. The fourth-order valence-electron chi connectivity index (χ4n) is 2.57. The maximum absolute atomic E-state index is 11.9. The summed E-state index contributed by atoms with van der Waals surface area (Å²) < 4.78 is 5.65. The third-order valence-electron chi connectivity index (χ3n) is 3.58. The van der Waals surface area contributed by atoms with Gasteiger partial charge in [-0.25, -0.2) is 0 Å². The molecule has 0 aliphatic carbocycles. The monoisotopic (exact) mass is 252 g/mol. The number of ether oxygens (including phenoxy) is 1. The molecule has 0 unspecified atom stereocenters. The van der Waals surface area contributed by atoms with Crippen molar-refractivity contribution in [1.82, 2.24) is 9.80 Å². The van der Waals surface area contributed by atoms with Crippen molar-refractivity contribution >= 4 is 5.91 Å². The summed E-state index contributed by atoms with van der Waals surface area (Å²) >= 11 is 0. The molecule has 18 heavy (non-hydrogen) atoms. The molecule has 1 atom stereocenters.